The number of fused-ring (bicyclic) bond motifs is 10. The maximum absolute atomic E-state index is 13.5. The Kier molecular flexibility index (Phi) is 9.64. The fourth-order valence-electron chi connectivity index (χ4n) is 12.0. The summed E-state index contributed by atoms with van der Waals surface area (Å²) in [6, 6.07) is 0. The molecule has 0 aromatic rings. The highest BCUT2D eigenvalue weighted by Crippen LogP contribution is 2.63. The van der Waals surface area contributed by atoms with Crippen molar-refractivity contribution in [2.45, 2.75) is 78.1 Å². The van der Waals surface area contributed by atoms with Gasteiger partial charge in [-0.25, -0.2) is 9.59 Å². The van der Waals surface area contributed by atoms with E-state index in [-0.39, 0.29) is 23.9 Å². The molecular weight excluding hydrogens is 608 g/mol. The molecule has 8 nitrogen and oxygen atoms in total. The van der Waals surface area contributed by atoms with Crippen LogP contribution in [0.4, 0.5) is 0 Å². The van der Waals surface area contributed by atoms with Gasteiger partial charge in [-0.1, -0.05) is 24.8 Å². The summed E-state index contributed by atoms with van der Waals surface area (Å²) in [5, 5.41) is 0. The lowest BCUT2D eigenvalue weighted by Crippen LogP contribution is -2.36. The van der Waals surface area contributed by atoms with Crippen LogP contribution in [0, 0.1) is 82.9 Å². The predicted molar refractivity (Wildman–Crippen MR) is 178 cm³/mol. The first-order chi connectivity index (χ1) is 23.1. The van der Waals surface area contributed by atoms with Crippen molar-refractivity contribution in [3.63, 3.8) is 0 Å². The van der Waals surface area contributed by atoms with E-state index in [0.29, 0.717) is 116 Å². The van der Waals surface area contributed by atoms with Crippen molar-refractivity contribution in [1.82, 2.24) is 0 Å². The molecule has 0 aromatic heterocycles. The summed E-state index contributed by atoms with van der Waals surface area (Å²) in [5.41, 5.74) is 1.57. The first-order valence-electron chi connectivity index (χ1n) is 18.7. The fourth-order valence-corrected chi connectivity index (χ4v) is 12.0. The van der Waals surface area contributed by atoms with Gasteiger partial charge in [-0.3, -0.25) is 9.59 Å². The fraction of sp³-hybridized carbons (Fsp3) is 0.750. The van der Waals surface area contributed by atoms with Crippen LogP contribution in [0.25, 0.3) is 0 Å². The van der Waals surface area contributed by atoms with E-state index in [2.05, 4.69) is 19.2 Å². The van der Waals surface area contributed by atoms with Crippen molar-refractivity contribution < 1.29 is 38.1 Å². The lowest BCUT2D eigenvalue weighted by atomic mass is 9.76. The molecule has 0 aromatic carbocycles. The maximum atomic E-state index is 13.5. The van der Waals surface area contributed by atoms with Crippen LogP contribution >= 0.6 is 0 Å². The molecule has 6 fully saturated rings. The smallest absolute Gasteiger partial charge is 0.333 e. The van der Waals surface area contributed by atoms with Crippen molar-refractivity contribution in [2.24, 2.45) is 82.9 Å². The van der Waals surface area contributed by atoms with Gasteiger partial charge < -0.3 is 18.9 Å². The molecular formula is C40H54O8. The maximum Gasteiger partial charge on any atom is 0.333 e. The molecule has 7 rings (SSSR count). The zero-order chi connectivity index (χ0) is 33.7. The first kappa shape index (κ1) is 33.6. The molecule has 0 radical (unpaired) electrons. The Labute approximate surface area is 285 Å². The molecule has 0 heterocycles. The molecule has 14 atom stereocenters. The molecule has 8 heteroatoms. The number of esters is 4. The predicted octanol–water partition coefficient (Wildman–Crippen LogP) is 6.49. The molecule has 6 saturated carbocycles. The van der Waals surface area contributed by atoms with Crippen LogP contribution in [0.1, 0.15) is 78.1 Å². The number of ether oxygens (including phenoxy) is 4. The van der Waals surface area contributed by atoms with Gasteiger partial charge in [-0.2, -0.15) is 0 Å². The van der Waals surface area contributed by atoms with Gasteiger partial charge in [0.2, 0.25) is 0 Å². The standard InChI is InChI=1S/C40H54O8/c1-5-37(41)45-17-23-9-30-26-14-28(33(16-26)34(30)11-23)20-48-39(43)29-7-6-22(4)8-36(29)40(44)46-18-24-10-31-25-13-27(19-47-38(42)21(2)3)32(15-25)35(31)12-24/h5-6,23-36H,1-2,7-20H2,3-4H3/t23?,24?,25?,26?,27?,28?,29?,30?,31-,32?,33?,34?,35?,36?/m1/s1. The van der Waals surface area contributed by atoms with Crippen molar-refractivity contribution in [1.29, 1.82) is 0 Å². The van der Waals surface area contributed by atoms with Crippen molar-refractivity contribution in [2.75, 3.05) is 26.4 Å². The van der Waals surface area contributed by atoms with Gasteiger partial charge in [0.1, 0.15) is 0 Å². The van der Waals surface area contributed by atoms with E-state index in [0.717, 1.165) is 44.1 Å². The summed E-state index contributed by atoms with van der Waals surface area (Å²) in [7, 11) is 0. The van der Waals surface area contributed by atoms with Crippen molar-refractivity contribution in [3.05, 3.63) is 36.5 Å². The molecule has 0 spiro atoms. The average molecular weight is 663 g/mol. The van der Waals surface area contributed by atoms with Gasteiger partial charge in [0.25, 0.3) is 0 Å². The second-order valence-corrected chi connectivity index (χ2v) is 16.8. The number of hydrogen-bond donors (Lipinski definition) is 0. The van der Waals surface area contributed by atoms with Crippen LogP contribution in [0.2, 0.25) is 0 Å². The molecule has 0 amide bonds. The third-order valence-electron chi connectivity index (χ3n) is 14.1. The number of rotatable bonds is 12. The van der Waals surface area contributed by atoms with E-state index >= 15 is 0 Å². The van der Waals surface area contributed by atoms with Crippen LogP contribution in [0.5, 0.6) is 0 Å². The van der Waals surface area contributed by atoms with Crippen LogP contribution in [-0.2, 0) is 38.1 Å². The van der Waals surface area contributed by atoms with Crippen molar-refractivity contribution >= 4 is 23.9 Å². The number of carbonyl (C=O) groups is 4. The second kappa shape index (κ2) is 13.8. The van der Waals surface area contributed by atoms with E-state index in [1.54, 1.807) is 6.92 Å². The van der Waals surface area contributed by atoms with E-state index in [1.807, 2.05) is 6.92 Å². The Morgan fingerprint density at radius 1 is 0.688 bits per heavy atom. The van der Waals surface area contributed by atoms with E-state index in [9.17, 15) is 19.2 Å². The van der Waals surface area contributed by atoms with Crippen LogP contribution in [0.15, 0.2) is 36.5 Å². The summed E-state index contributed by atoms with van der Waals surface area (Å²) < 4.78 is 22.9. The quantitative estimate of drug-likeness (QED) is 0.101. The average Bonchev–Trinajstić information content (AvgIpc) is 3.91. The highest BCUT2D eigenvalue weighted by molar-refractivity contribution is 5.87. The minimum atomic E-state index is -0.496. The number of carbonyl (C=O) groups excluding carboxylic acids is 4. The van der Waals surface area contributed by atoms with Crippen LogP contribution in [-0.4, -0.2) is 50.3 Å². The van der Waals surface area contributed by atoms with Gasteiger partial charge in [0, 0.05) is 11.6 Å². The minimum Gasteiger partial charge on any atom is -0.465 e. The van der Waals surface area contributed by atoms with Crippen LogP contribution in [0.3, 0.4) is 0 Å². The van der Waals surface area contributed by atoms with Crippen LogP contribution < -0.4 is 0 Å². The molecule has 4 bridgehead atoms. The zero-order valence-corrected chi connectivity index (χ0v) is 28.8. The van der Waals surface area contributed by atoms with E-state index < -0.39 is 11.8 Å². The molecule has 13 unspecified atom stereocenters. The Morgan fingerprint density at radius 2 is 1.21 bits per heavy atom. The molecule has 7 aliphatic carbocycles. The van der Waals surface area contributed by atoms with Crippen molar-refractivity contribution in [3.8, 4) is 0 Å². The lowest BCUT2D eigenvalue weighted by Gasteiger charge is -2.32. The minimum absolute atomic E-state index is 0.258. The molecule has 0 N–H and O–H groups in total. The SMILES string of the molecule is C=CC(=O)OCC1CC2C3CC(COC(=O)C4CC=C(C)CC4C(=O)OCC4CC5C6CC(CC6COC(=O)C(=C)C)[C@H]5C4)C(C3)C2C1. The molecule has 0 aliphatic heterocycles. The number of hydrogen-bond acceptors (Lipinski definition) is 8. The summed E-state index contributed by atoms with van der Waals surface area (Å²) in [4.78, 5) is 50.6. The Bertz CT molecular complexity index is 1350. The van der Waals surface area contributed by atoms with Gasteiger partial charge in [-0.05, 0) is 149 Å². The molecule has 48 heavy (non-hydrogen) atoms. The monoisotopic (exact) mass is 662 g/mol. The third kappa shape index (κ3) is 6.54. The van der Waals surface area contributed by atoms with E-state index in [1.165, 1.54) is 18.9 Å². The summed E-state index contributed by atoms with van der Waals surface area (Å²) >= 11 is 0. The van der Waals surface area contributed by atoms with Gasteiger partial charge >= 0.3 is 23.9 Å². The Balaban J connectivity index is 0.875. The molecule has 0 saturated heterocycles. The summed E-state index contributed by atoms with van der Waals surface area (Å²) in [6.45, 7) is 12.7. The third-order valence-corrected chi connectivity index (χ3v) is 14.1. The Hall–Kier alpha value is -2.90. The summed E-state index contributed by atoms with van der Waals surface area (Å²) in [6.07, 6.45) is 13.4. The first-order valence-corrected chi connectivity index (χ1v) is 18.7. The van der Waals surface area contributed by atoms with Gasteiger partial charge in [0.05, 0.1) is 38.3 Å². The van der Waals surface area contributed by atoms with E-state index in [4.69, 9.17) is 18.9 Å². The molecule has 7 aliphatic rings. The lowest BCUT2D eigenvalue weighted by molar-refractivity contribution is -0.163. The molecule has 262 valence electrons. The Morgan fingerprint density at radius 3 is 1.79 bits per heavy atom. The second-order valence-electron chi connectivity index (χ2n) is 16.8. The van der Waals surface area contributed by atoms with Gasteiger partial charge in [-0.15, -0.1) is 0 Å². The van der Waals surface area contributed by atoms with Gasteiger partial charge in [0.15, 0.2) is 0 Å². The summed E-state index contributed by atoms with van der Waals surface area (Å²) in [5.74, 6) is 4.51. The largest absolute Gasteiger partial charge is 0.465 e. The normalized spacial score (nSPS) is 41.7. The zero-order valence-electron chi connectivity index (χ0n) is 28.8. The number of allylic oxidation sites excluding steroid dienone is 2. The topological polar surface area (TPSA) is 105 Å². The highest BCUT2D eigenvalue weighted by atomic mass is 16.5. The highest BCUT2D eigenvalue weighted by Gasteiger charge is 2.57.